The Kier molecular flexibility index (Phi) is 7.07. The number of para-hydroxylation sites is 4. The molecule has 5 nitrogen and oxygen atoms in total. The molecule has 52 heavy (non-hydrogen) atoms. The number of ether oxygens (including phenoxy) is 2. The number of aromatic nitrogens is 2. The van der Waals surface area contributed by atoms with Crippen LogP contribution in [-0.4, -0.2) is 9.55 Å². The summed E-state index contributed by atoms with van der Waals surface area (Å²) >= 11 is 0. The first-order valence-corrected chi connectivity index (χ1v) is 17.4. The zero-order chi connectivity index (χ0) is 34.4. The maximum atomic E-state index is 6.74. The molecule has 0 aliphatic carbocycles. The van der Waals surface area contributed by atoms with E-state index in [1.807, 2.05) is 79.1 Å². The summed E-state index contributed by atoms with van der Waals surface area (Å²) in [5.74, 6) is 3.31. The van der Waals surface area contributed by atoms with Gasteiger partial charge < -0.3 is 18.9 Å². The zero-order valence-corrected chi connectivity index (χ0v) is 28.1. The molecule has 246 valence electrons. The van der Waals surface area contributed by atoms with Crippen molar-refractivity contribution in [3.63, 3.8) is 0 Å². The highest BCUT2D eigenvalue weighted by atomic mass is 16.5. The van der Waals surface area contributed by atoms with Crippen molar-refractivity contribution in [2.45, 2.75) is 0 Å². The minimum Gasteiger partial charge on any atom is -0.457 e. The molecule has 0 atom stereocenters. The Hall–Kier alpha value is -7.11. The summed E-state index contributed by atoms with van der Waals surface area (Å²) in [7, 11) is 0. The van der Waals surface area contributed by atoms with Gasteiger partial charge in [-0.25, -0.2) is 0 Å². The highest BCUT2D eigenvalue weighted by Crippen LogP contribution is 2.49. The average Bonchev–Trinajstić information content (AvgIpc) is 3.56. The molecule has 7 aromatic carbocycles. The Balaban J connectivity index is 1.06. The lowest BCUT2D eigenvalue weighted by Gasteiger charge is -2.26. The van der Waals surface area contributed by atoms with E-state index < -0.39 is 0 Å². The van der Waals surface area contributed by atoms with Gasteiger partial charge in [-0.15, -0.1) is 0 Å². The Labute approximate surface area is 301 Å². The van der Waals surface area contributed by atoms with E-state index in [4.69, 9.17) is 9.47 Å². The maximum Gasteiger partial charge on any atom is 0.160 e. The van der Waals surface area contributed by atoms with E-state index in [0.29, 0.717) is 0 Å². The minimum absolute atomic E-state index is 0.779. The third-order valence-electron chi connectivity index (χ3n) is 9.76. The van der Waals surface area contributed by atoms with Crippen LogP contribution in [0.25, 0.3) is 49.7 Å². The van der Waals surface area contributed by atoms with Gasteiger partial charge in [0.25, 0.3) is 0 Å². The summed E-state index contributed by atoms with van der Waals surface area (Å²) in [5.41, 5.74) is 10.8. The highest BCUT2D eigenvalue weighted by Gasteiger charge is 2.26. The maximum absolute atomic E-state index is 6.74. The van der Waals surface area contributed by atoms with Crippen LogP contribution >= 0.6 is 0 Å². The summed E-state index contributed by atoms with van der Waals surface area (Å²) in [6.45, 7) is 0. The molecule has 0 N–H and O–H groups in total. The van der Waals surface area contributed by atoms with Gasteiger partial charge in [-0.2, -0.15) is 0 Å². The van der Waals surface area contributed by atoms with Gasteiger partial charge in [0.1, 0.15) is 11.5 Å². The molecule has 1 aliphatic heterocycles. The first-order valence-electron chi connectivity index (χ1n) is 17.4. The molecule has 0 amide bonds. The molecule has 0 spiro atoms. The second kappa shape index (κ2) is 12.3. The lowest BCUT2D eigenvalue weighted by molar-refractivity contribution is 0.478. The number of pyridine rings is 1. The third-order valence-corrected chi connectivity index (χ3v) is 9.76. The van der Waals surface area contributed by atoms with Crippen molar-refractivity contribution in [3.05, 3.63) is 188 Å². The van der Waals surface area contributed by atoms with Gasteiger partial charge in [-0.05, 0) is 114 Å². The standard InChI is InChI=1S/C47H31N3O2/c1-2-8-38(9-3-1)51-39-24-22-37(23-25-39)49(35-18-14-32(15-19-35)33-28-30-48-31-29-33)36-20-16-34(17-21-36)40-26-27-42-41-10-4-5-11-43(41)50-44-12-6-7-13-45(44)52-47(40)46(42)50/h1-31H. The van der Waals surface area contributed by atoms with Gasteiger partial charge in [0.05, 0.1) is 16.7 Å². The molecule has 10 rings (SSSR count). The number of hydrogen-bond donors (Lipinski definition) is 0. The van der Waals surface area contributed by atoms with Crippen LogP contribution in [0.5, 0.6) is 23.0 Å². The van der Waals surface area contributed by atoms with Crippen molar-refractivity contribution in [3.8, 4) is 50.9 Å². The van der Waals surface area contributed by atoms with Crippen molar-refractivity contribution >= 4 is 38.9 Å². The van der Waals surface area contributed by atoms with Crippen molar-refractivity contribution in [2.24, 2.45) is 0 Å². The Morgan fingerprint density at radius 2 is 1.08 bits per heavy atom. The fraction of sp³-hybridized carbons (Fsp3) is 0. The van der Waals surface area contributed by atoms with Crippen molar-refractivity contribution < 1.29 is 9.47 Å². The van der Waals surface area contributed by atoms with E-state index >= 15 is 0 Å². The SMILES string of the molecule is c1ccc(Oc2ccc(N(c3ccc(-c4ccncc4)cc3)c3ccc(-c4ccc5c6ccccc6n6c5c4Oc4ccccc4-6)cc3)cc2)cc1. The minimum atomic E-state index is 0.779. The van der Waals surface area contributed by atoms with Crippen molar-refractivity contribution in [2.75, 3.05) is 4.90 Å². The topological polar surface area (TPSA) is 39.5 Å². The fourth-order valence-corrected chi connectivity index (χ4v) is 7.32. The lowest BCUT2D eigenvalue weighted by atomic mass is 10.0. The summed E-state index contributed by atoms with van der Waals surface area (Å²) in [6.07, 6.45) is 3.65. The van der Waals surface area contributed by atoms with Crippen LogP contribution in [0.1, 0.15) is 0 Å². The number of benzene rings is 7. The van der Waals surface area contributed by atoms with E-state index in [-0.39, 0.29) is 0 Å². The molecule has 9 aromatic rings. The predicted octanol–water partition coefficient (Wildman–Crippen LogP) is 12.9. The largest absolute Gasteiger partial charge is 0.457 e. The Bertz CT molecular complexity index is 2700. The number of rotatable bonds is 7. The van der Waals surface area contributed by atoms with Gasteiger partial charge in [0.2, 0.25) is 0 Å². The van der Waals surface area contributed by atoms with Crippen LogP contribution < -0.4 is 14.4 Å². The molecule has 0 saturated carbocycles. The molecule has 0 bridgehead atoms. The second-order valence-corrected chi connectivity index (χ2v) is 12.8. The van der Waals surface area contributed by atoms with Crippen LogP contribution in [0.2, 0.25) is 0 Å². The highest BCUT2D eigenvalue weighted by molar-refractivity contribution is 6.14. The molecule has 0 saturated heterocycles. The van der Waals surface area contributed by atoms with E-state index in [1.54, 1.807) is 0 Å². The van der Waals surface area contributed by atoms with Crippen LogP contribution in [0.15, 0.2) is 188 Å². The summed E-state index contributed by atoms with van der Waals surface area (Å²) in [5, 5.41) is 2.40. The number of anilines is 3. The van der Waals surface area contributed by atoms with Crippen LogP contribution in [0.3, 0.4) is 0 Å². The molecular formula is C47H31N3O2. The average molecular weight is 670 g/mol. The first kappa shape index (κ1) is 29.8. The number of hydrogen-bond acceptors (Lipinski definition) is 4. The fourth-order valence-electron chi connectivity index (χ4n) is 7.32. The smallest absolute Gasteiger partial charge is 0.160 e. The van der Waals surface area contributed by atoms with E-state index in [1.165, 1.54) is 16.3 Å². The molecule has 3 heterocycles. The van der Waals surface area contributed by atoms with Gasteiger partial charge in [0.15, 0.2) is 11.5 Å². The number of fused-ring (bicyclic) bond motifs is 5. The quantitative estimate of drug-likeness (QED) is 0.169. The third kappa shape index (κ3) is 5.07. The molecular weight excluding hydrogens is 639 g/mol. The van der Waals surface area contributed by atoms with Gasteiger partial charge in [-0.3, -0.25) is 4.98 Å². The van der Waals surface area contributed by atoms with E-state index in [2.05, 4.69) is 124 Å². The van der Waals surface area contributed by atoms with Crippen LogP contribution in [-0.2, 0) is 0 Å². The molecule has 0 radical (unpaired) electrons. The van der Waals surface area contributed by atoms with Crippen molar-refractivity contribution in [1.29, 1.82) is 0 Å². The molecule has 2 aromatic heterocycles. The molecule has 1 aliphatic rings. The summed E-state index contributed by atoms with van der Waals surface area (Å²) < 4.78 is 15.2. The van der Waals surface area contributed by atoms with E-state index in [9.17, 15) is 0 Å². The Morgan fingerprint density at radius 1 is 0.481 bits per heavy atom. The van der Waals surface area contributed by atoms with E-state index in [0.717, 1.165) is 73.5 Å². The molecule has 0 fully saturated rings. The summed E-state index contributed by atoms with van der Waals surface area (Å²) in [4.78, 5) is 6.45. The first-order chi connectivity index (χ1) is 25.8. The van der Waals surface area contributed by atoms with Gasteiger partial charge in [0, 0.05) is 45.8 Å². The number of nitrogens with zero attached hydrogens (tertiary/aromatic N) is 3. The zero-order valence-electron chi connectivity index (χ0n) is 28.1. The summed E-state index contributed by atoms with van der Waals surface area (Å²) in [6, 6.07) is 60.8. The van der Waals surface area contributed by atoms with Gasteiger partial charge in [-0.1, -0.05) is 78.9 Å². The second-order valence-electron chi connectivity index (χ2n) is 12.8. The Morgan fingerprint density at radius 3 is 1.83 bits per heavy atom. The van der Waals surface area contributed by atoms with Crippen LogP contribution in [0.4, 0.5) is 17.1 Å². The van der Waals surface area contributed by atoms with Gasteiger partial charge >= 0.3 is 0 Å². The van der Waals surface area contributed by atoms with Crippen LogP contribution in [0, 0.1) is 0 Å². The monoisotopic (exact) mass is 669 g/mol. The molecule has 5 heteroatoms. The lowest BCUT2D eigenvalue weighted by Crippen LogP contribution is -2.10. The predicted molar refractivity (Wildman–Crippen MR) is 211 cm³/mol. The molecule has 0 unspecified atom stereocenters. The van der Waals surface area contributed by atoms with Crippen molar-refractivity contribution in [1.82, 2.24) is 9.55 Å². The normalized spacial score (nSPS) is 11.6.